The molecule has 1 saturated heterocycles. The smallest absolute Gasteiger partial charge is 0.133 e. The van der Waals surface area contributed by atoms with Crippen molar-refractivity contribution in [2.24, 2.45) is 0 Å². The molecule has 0 amide bonds. The third kappa shape index (κ3) is 3.97. The van der Waals surface area contributed by atoms with E-state index >= 15 is 0 Å². The first-order valence-corrected chi connectivity index (χ1v) is 7.23. The highest BCUT2D eigenvalue weighted by atomic mass is 79.9. The monoisotopic (exact) mass is 313 g/mol. The van der Waals surface area contributed by atoms with Crippen LogP contribution < -0.4 is 10.1 Å². The van der Waals surface area contributed by atoms with Crippen molar-refractivity contribution in [3.63, 3.8) is 0 Å². The number of hydrogen-bond acceptors (Lipinski definition) is 3. The minimum atomic E-state index is 0.389. The standard InChI is InChI=1S/C14H20BrNO2/c1-17-14-6-5-11(8-13(14)15)9-16-10-12-4-2-3-7-18-12/h5-6,8,12,16H,2-4,7,9-10H2,1H3. The molecule has 0 bridgehead atoms. The molecule has 1 aliphatic rings. The van der Waals surface area contributed by atoms with E-state index in [1.165, 1.54) is 24.8 Å². The molecule has 0 aromatic heterocycles. The highest BCUT2D eigenvalue weighted by molar-refractivity contribution is 9.10. The van der Waals surface area contributed by atoms with Gasteiger partial charge in [0.05, 0.1) is 17.7 Å². The Morgan fingerprint density at radius 3 is 3.00 bits per heavy atom. The molecule has 1 unspecified atom stereocenters. The lowest BCUT2D eigenvalue weighted by molar-refractivity contribution is 0.0168. The Kier molecular flexibility index (Phi) is 5.47. The van der Waals surface area contributed by atoms with Crippen LogP contribution in [0, 0.1) is 0 Å². The molecule has 100 valence electrons. The lowest BCUT2D eigenvalue weighted by Crippen LogP contribution is -2.31. The number of methoxy groups -OCH3 is 1. The molecule has 1 aromatic carbocycles. The summed E-state index contributed by atoms with van der Waals surface area (Å²) in [5, 5.41) is 3.45. The Morgan fingerprint density at radius 1 is 1.44 bits per heavy atom. The highest BCUT2D eigenvalue weighted by Crippen LogP contribution is 2.25. The van der Waals surface area contributed by atoms with Gasteiger partial charge in [0.15, 0.2) is 0 Å². The fourth-order valence-electron chi connectivity index (χ4n) is 2.17. The van der Waals surface area contributed by atoms with Crippen molar-refractivity contribution in [3.8, 4) is 5.75 Å². The normalized spacial score (nSPS) is 19.8. The van der Waals surface area contributed by atoms with E-state index in [2.05, 4.69) is 33.4 Å². The van der Waals surface area contributed by atoms with Gasteiger partial charge in [-0.25, -0.2) is 0 Å². The molecule has 1 N–H and O–H groups in total. The van der Waals surface area contributed by atoms with Crippen molar-refractivity contribution >= 4 is 15.9 Å². The van der Waals surface area contributed by atoms with Crippen molar-refractivity contribution in [1.82, 2.24) is 5.32 Å². The van der Waals surface area contributed by atoms with E-state index < -0.39 is 0 Å². The van der Waals surface area contributed by atoms with Gasteiger partial charge < -0.3 is 14.8 Å². The van der Waals surface area contributed by atoms with Crippen LogP contribution in [0.3, 0.4) is 0 Å². The maximum atomic E-state index is 5.68. The Labute approximate surface area is 117 Å². The summed E-state index contributed by atoms with van der Waals surface area (Å²) in [6.45, 7) is 2.71. The number of benzene rings is 1. The average molecular weight is 314 g/mol. The fraction of sp³-hybridized carbons (Fsp3) is 0.571. The molecule has 3 nitrogen and oxygen atoms in total. The van der Waals surface area contributed by atoms with Crippen LogP contribution in [0.15, 0.2) is 22.7 Å². The van der Waals surface area contributed by atoms with E-state index in [0.717, 1.165) is 29.9 Å². The maximum Gasteiger partial charge on any atom is 0.133 e. The molecule has 4 heteroatoms. The zero-order valence-electron chi connectivity index (χ0n) is 10.7. The van der Waals surface area contributed by atoms with Crippen LogP contribution in [0.4, 0.5) is 0 Å². The predicted octanol–water partition coefficient (Wildman–Crippen LogP) is 3.12. The molecule has 1 heterocycles. The summed E-state index contributed by atoms with van der Waals surface area (Å²) < 4.78 is 11.9. The van der Waals surface area contributed by atoms with Crippen LogP contribution in [-0.2, 0) is 11.3 Å². The number of ether oxygens (including phenoxy) is 2. The van der Waals surface area contributed by atoms with E-state index in [0.29, 0.717) is 6.10 Å². The maximum absolute atomic E-state index is 5.68. The molecule has 0 aliphatic carbocycles. The van der Waals surface area contributed by atoms with Gasteiger partial charge in [-0.2, -0.15) is 0 Å². The molecule has 18 heavy (non-hydrogen) atoms. The minimum absolute atomic E-state index is 0.389. The topological polar surface area (TPSA) is 30.5 Å². The summed E-state index contributed by atoms with van der Waals surface area (Å²) in [4.78, 5) is 0. The van der Waals surface area contributed by atoms with Gasteiger partial charge in [0.2, 0.25) is 0 Å². The quantitative estimate of drug-likeness (QED) is 0.906. The minimum Gasteiger partial charge on any atom is -0.496 e. The predicted molar refractivity (Wildman–Crippen MR) is 76.0 cm³/mol. The third-order valence-electron chi connectivity index (χ3n) is 3.19. The lowest BCUT2D eigenvalue weighted by atomic mass is 10.1. The van der Waals surface area contributed by atoms with E-state index in [-0.39, 0.29) is 0 Å². The Balaban J connectivity index is 1.77. The van der Waals surface area contributed by atoms with Crippen LogP contribution in [0.5, 0.6) is 5.75 Å². The summed E-state index contributed by atoms with van der Waals surface area (Å²) in [7, 11) is 1.68. The molecule has 2 rings (SSSR count). The zero-order valence-corrected chi connectivity index (χ0v) is 12.3. The molecule has 1 fully saturated rings. The van der Waals surface area contributed by atoms with Gasteiger partial charge in [-0.15, -0.1) is 0 Å². The Hall–Kier alpha value is -0.580. The first-order chi connectivity index (χ1) is 8.79. The van der Waals surface area contributed by atoms with Gasteiger partial charge in [-0.05, 0) is 52.9 Å². The average Bonchev–Trinajstić information content (AvgIpc) is 2.40. The largest absolute Gasteiger partial charge is 0.496 e. The van der Waals surface area contributed by atoms with E-state index in [4.69, 9.17) is 9.47 Å². The van der Waals surface area contributed by atoms with Crippen LogP contribution in [0.1, 0.15) is 24.8 Å². The van der Waals surface area contributed by atoms with Gasteiger partial charge in [-0.3, -0.25) is 0 Å². The molecule has 0 spiro atoms. The first kappa shape index (κ1) is 13.8. The van der Waals surface area contributed by atoms with Crippen LogP contribution >= 0.6 is 15.9 Å². The molecule has 1 atom stereocenters. The molecule has 0 saturated carbocycles. The second-order valence-corrected chi connectivity index (χ2v) is 5.44. The SMILES string of the molecule is COc1ccc(CNCC2CCCCO2)cc1Br. The first-order valence-electron chi connectivity index (χ1n) is 6.44. The van der Waals surface area contributed by atoms with Gasteiger partial charge >= 0.3 is 0 Å². The zero-order chi connectivity index (χ0) is 12.8. The highest BCUT2D eigenvalue weighted by Gasteiger charge is 2.12. The molecular weight excluding hydrogens is 294 g/mol. The number of nitrogens with one attached hydrogen (secondary N) is 1. The van der Waals surface area contributed by atoms with Crippen molar-refractivity contribution < 1.29 is 9.47 Å². The Bertz CT molecular complexity index is 378. The van der Waals surface area contributed by atoms with E-state index in [1.54, 1.807) is 7.11 Å². The second kappa shape index (κ2) is 7.12. The van der Waals surface area contributed by atoms with Gasteiger partial charge in [0, 0.05) is 19.7 Å². The second-order valence-electron chi connectivity index (χ2n) is 4.59. The molecule has 1 aliphatic heterocycles. The lowest BCUT2D eigenvalue weighted by Gasteiger charge is -2.22. The van der Waals surface area contributed by atoms with Crippen molar-refractivity contribution in [2.45, 2.75) is 31.9 Å². The summed E-state index contributed by atoms with van der Waals surface area (Å²) >= 11 is 3.50. The van der Waals surface area contributed by atoms with E-state index in [9.17, 15) is 0 Å². The van der Waals surface area contributed by atoms with Gasteiger partial charge in [0.1, 0.15) is 5.75 Å². The number of hydrogen-bond donors (Lipinski definition) is 1. The summed E-state index contributed by atoms with van der Waals surface area (Å²) in [6.07, 6.45) is 4.07. The number of halogens is 1. The van der Waals surface area contributed by atoms with Crippen molar-refractivity contribution in [2.75, 3.05) is 20.3 Å². The van der Waals surface area contributed by atoms with Crippen molar-refractivity contribution in [1.29, 1.82) is 0 Å². The van der Waals surface area contributed by atoms with Crippen molar-refractivity contribution in [3.05, 3.63) is 28.2 Å². The van der Waals surface area contributed by atoms with Crippen LogP contribution in [-0.4, -0.2) is 26.4 Å². The summed E-state index contributed by atoms with van der Waals surface area (Å²) in [6, 6.07) is 6.16. The Morgan fingerprint density at radius 2 is 2.33 bits per heavy atom. The van der Waals surface area contributed by atoms with Gasteiger partial charge in [0.25, 0.3) is 0 Å². The summed E-state index contributed by atoms with van der Waals surface area (Å²) in [5.74, 6) is 0.870. The van der Waals surface area contributed by atoms with E-state index in [1.807, 2.05) is 6.07 Å². The number of rotatable bonds is 5. The summed E-state index contributed by atoms with van der Waals surface area (Å²) in [5.41, 5.74) is 1.25. The molecule has 1 aromatic rings. The van der Waals surface area contributed by atoms with Crippen LogP contribution in [0.25, 0.3) is 0 Å². The molecular formula is C14H20BrNO2. The molecule has 0 radical (unpaired) electrons. The van der Waals surface area contributed by atoms with Gasteiger partial charge in [-0.1, -0.05) is 6.07 Å². The third-order valence-corrected chi connectivity index (χ3v) is 3.81. The van der Waals surface area contributed by atoms with Crippen LogP contribution in [0.2, 0.25) is 0 Å². The fourth-order valence-corrected chi connectivity index (χ4v) is 2.75.